The van der Waals surface area contributed by atoms with Crippen molar-refractivity contribution < 1.29 is 17.6 Å². The maximum atomic E-state index is 13.0. The lowest BCUT2D eigenvalue weighted by Gasteiger charge is -2.17. The average molecular weight is 416 g/mol. The van der Waals surface area contributed by atoms with Gasteiger partial charge in [-0.3, -0.25) is 4.79 Å². The summed E-state index contributed by atoms with van der Waals surface area (Å²) >= 11 is 0. The molecule has 0 fully saturated rings. The van der Waals surface area contributed by atoms with Crippen molar-refractivity contribution >= 4 is 21.6 Å². The zero-order chi connectivity index (χ0) is 21.2. The highest BCUT2D eigenvalue weighted by molar-refractivity contribution is 7.89. The van der Waals surface area contributed by atoms with Crippen molar-refractivity contribution in [1.29, 1.82) is 0 Å². The monoisotopic (exact) mass is 416 g/mol. The number of aryl methyl sites for hydroxylation is 1. The Balaban J connectivity index is 1.76. The fraction of sp³-hybridized carbons (Fsp3) is 0.200. The molecule has 0 spiro atoms. The van der Waals surface area contributed by atoms with Crippen molar-refractivity contribution in [3.63, 3.8) is 0 Å². The molecule has 0 aliphatic rings. The number of amides is 1. The van der Waals surface area contributed by atoms with Crippen LogP contribution in [0, 0.1) is 19.7 Å². The number of nitrogens with zero attached hydrogens (tertiary/aromatic N) is 3. The summed E-state index contributed by atoms with van der Waals surface area (Å²) in [5.41, 5.74) is 2.73. The number of hydrogen-bond acceptors (Lipinski definition) is 4. The van der Waals surface area contributed by atoms with Crippen molar-refractivity contribution in [2.24, 2.45) is 0 Å². The normalized spacial score (nSPS) is 11.6. The summed E-state index contributed by atoms with van der Waals surface area (Å²) in [4.78, 5) is 12.4. The fourth-order valence-electron chi connectivity index (χ4n) is 2.90. The molecular formula is C20H21FN4O3S. The van der Waals surface area contributed by atoms with Gasteiger partial charge in [-0.1, -0.05) is 18.2 Å². The van der Waals surface area contributed by atoms with E-state index >= 15 is 0 Å². The average Bonchev–Trinajstić information content (AvgIpc) is 2.97. The molecule has 1 aromatic heterocycles. The third kappa shape index (κ3) is 4.36. The van der Waals surface area contributed by atoms with Gasteiger partial charge in [0, 0.05) is 7.05 Å². The highest BCUT2D eigenvalue weighted by atomic mass is 32.2. The highest BCUT2D eigenvalue weighted by Crippen LogP contribution is 2.23. The summed E-state index contributed by atoms with van der Waals surface area (Å²) in [6, 6.07) is 13.9. The molecule has 0 atom stereocenters. The number of anilines is 1. The number of aromatic nitrogens is 2. The third-order valence-electron chi connectivity index (χ3n) is 4.44. The van der Waals surface area contributed by atoms with Crippen LogP contribution in [0.1, 0.15) is 11.4 Å². The standard InChI is InChI=1S/C20H21FN4O3S/c1-14-20(15(2)25(23-14)17-7-5-4-6-8-17)22-19(26)13-24(3)29(27,28)18-11-9-16(21)10-12-18/h4-12H,13H2,1-3H3,(H,22,26). The van der Waals surface area contributed by atoms with E-state index in [2.05, 4.69) is 10.4 Å². The largest absolute Gasteiger partial charge is 0.322 e. The molecule has 0 aliphatic heterocycles. The molecule has 3 rings (SSSR count). The quantitative estimate of drug-likeness (QED) is 0.670. The van der Waals surface area contributed by atoms with Gasteiger partial charge in [0.05, 0.1) is 34.2 Å². The first kappa shape index (κ1) is 20.7. The summed E-state index contributed by atoms with van der Waals surface area (Å²) in [6.45, 7) is 3.19. The van der Waals surface area contributed by atoms with E-state index in [4.69, 9.17) is 0 Å². The van der Waals surface area contributed by atoms with Crippen LogP contribution in [-0.2, 0) is 14.8 Å². The number of halogens is 1. The van der Waals surface area contributed by atoms with Crippen molar-refractivity contribution in [3.8, 4) is 5.69 Å². The Morgan fingerprint density at radius 3 is 2.34 bits per heavy atom. The van der Waals surface area contributed by atoms with Crippen LogP contribution in [-0.4, -0.2) is 42.0 Å². The minimum absolute atomic E-state index is 0.0848. The molecule has 29 heavy (non-hydrogen) atoms. The summed E-state index contributed by atoms with van der Waals surface area (Å²) in [5.74, 6) is -1.04. The van der Waals surface area contributed by atoms with Crippen molar-refractivity contribution in [2.75, 3.05) is 18.9 Å². The Kier molecular flexibility index (Phi) is 5.81. The van der Waals surface area contributed by atoms with Crippen molar-refractivity contribution in [2.45, 2.75) is 18.7 Å². The first-order chi connectivity index (χ1) is 13.7. The Morgan fingerprint density at radius 1 is 1.10 bits per heavy atom. The Morgan fingerprint density at radius 2 is 1.72 bits per heavy atom. The maximum absolute atomic E-state index is 13.0. The number of likely N-dealkylation sites (N-methyl/N-ethyl adjacent to an activating group) is 1. The van der Waals surface area contributed by atoms with E-state index < -0.39 is 28.3 Å². The van der Waals surface area contributed by atoms with Crippen molar-refractivity contribution in [1.82, 2.24) is 14.1 Å². The van der Waals surface area contributed by atoms with Gasteiger partial charge < -0.3 is 5.32 Å². The number of sulfonamides is 1. The molecule has 0 bridgehead atoms. The van der Waals surface area contributed by atoms with Gasteiger partial charge in [-0.05, 0) is 50.2 Å². The van der Waals surface area contributed by atoms with E-state index in [1.165, 1.54) is 7.05 Å². The topological polar surface area (TPSA) is 84.3 Å². The molecule has 0 saturated carbocycles. The van der Waals surface area contributed by atoms with Crippen LogP contribution in [0.5, 0.6) is 0 Å². The highest BCUT2D eigenvalue weighted by Gasteiger charge is 2.24. The second kappa shape index (κ2) is 8.14. The molecule has 3 aromatic rings. The van der Waals surface area contributed by atoms with E-state index in [-0.39, 0.29) is 4.90 Å². The molecule has 2 aromatic carbocycles. The SMILES string of the molecule is Cc1nn(-c2ccccc2)c(C)c1NC(=O)CN(C)S(=O)(=O)c1ccc(F)cc1. The van der Waals surface area contributed by atoms with E-state index in [1.54, 1.807) is 11.6 Å². The molecule has 9 heteroatoms. The van der Waals surface area contributed by atoms with Crippen LogP contribution in [0.4, 0.5) is 10.1 Å². The summed E-state index contributed by atoms with van der Waals surface area (Å²) < 4.78 is 40.8. The van der Waals surface area contributed by atoms with Gasteiger partial charge in [0.25, 0.3) is 0 Å². The number of carbonyl (C=O) groups excluding carboxylic acids is 1. The van der Waals surface area contributed by atoms with Gasteiger partial charge in [0.2, 0.25) is 15.9 Å². The van der Waals surface area contributed by atoms with Gasteiger partial charge in [0.15, 0.2) is 0 Å². The van der Waals surface area contributed by atoms with Crippen LogP contribution in [0.15, 0.2) is 59.5 Å². The smallest absolute Gasteiger partial charge is 0.243 e. The lowest BCUT2D eigenvalue weighted by Crippen LogP contribution is -2.35. The molecule has 1 heterocycles. The molecule has 0 saturated heterocycles. The Hall–Kier alpha value is -3.04. The second-order valence-electron chi connectivity index (χ2n) is 6.56. The number of benzene rings is 2. The number of nitrogens with one attached hydrogen (secondary N) is 1. The first-order valence-electron chi connectivity index (χ1n) is 8.83. The molecular weight excluding hydrogens is 395 g/mol. The van der Waals surface area contributed by atoms with Crippen LogP contribution < -0.4 is 5.32 Å². The Labute approximate surface area is 168 Å². The summed E-state index contributed by atoms with van der Waals surface area (Å²) in [7, 11) is -2.62. The molecule has 0 aliphatic carbocycles. The summed E-state index contributed by atoms with van der Waals surface area (Å²) in [5, 5.41) is 7.20. The summed E-state index contributed by atoms with van der Waals surface area (Å²) in [6.07, 6.45) is 0. The van der Waals surface area contributed by atoms with Crippen LogP contribution in [0.3, 0.4) is 0 Å². The fourth-order valence-corrected chi connectivity index (χ4v) is 4.02. The molecule has 1 N–H and O–H groups in total. The molecule has 1 amide bonds. The molecule has 0 unspecified atom stereocenters. The Bertz CT molecular complexity index is 1130. The van der Waals surface area contributed by atoms with E-state index in [0.717, 1.165) is 40.0 Å². The second-order valence-corrected chi connectivity index (χ2v) is 8.60. The van der Waals surface area contributed by atoms with Gasteiger partial charge >= 0.3 is 0 Å². The molecule has 7 nitrogen and oxygen atoms in total. The third-order valence-corrected chi connectivity index (χ3v) is 6.26. The zero-order valence-corrected chi connectivity index (χ0v) is 17.1. The van der Waals surface area contributed by atoms with E-state index in [9.17, 15) is 17.6 Å². The molecule has 0 radical (unpaired) electrons. The van der Waals surface area contributed by atoms with E-state index in [0.29, 0.717) is 11.4 Å². The lowest BCUT2D eigenvalue weighted by atomic mass is 10.3. The first-order valence-corrected chi connectivity index (χ1v) is 10.3. The van der Waals surface area contributed by atoms with Gasteiger partial charge in [-0.2, -0.15) is 9.40 Å². The predicted molar refractivity (Wildman–Crippen MR) is 108 cm³/mol. The van der Waals surface area contributed by atoms with Gasteiger partial charge in [0.1, 0.15) is 5.82 Å². The van der Waals surface area contributed by atoms with E-state index in [1.807, 2.05) is 37.3 Å². The zero-order valence-electron chi connectivity index (χ0n) is 16.3. The number of hydrogen-bond donors (Lipinski definition) is 1. The lowest BCUT2D eigenvalue weighted by molar-refractivity contribution is -0.116. The minimum Gasteiger partial charge on any atom is -0.322 e. The number of rotatable bonds is 6. The maximum Gasteiger partial charge on any atom is 0.243 e. The van der Waals surface area contributed by atoms with Crippen molar-refractivity contribution in [3.05, 3.63) is 71.8 Å². The van der Waals surface area contributed by atoms with Crippen LogP contribution >= 0.6 is 0 Å². The van der Waals surface area contributed by atoms with Crippen LogP contribution in [0.25, 0.3) is 5.69 Å². The van der Waals surface area contributed by atoms with Crippen LogP contribution in [0.2, 0.25) is 0 Å². The minimum atomic E-state index is -3.92. The van der Waals surface area contributed by atoms with Gasteiger partial charge in [-0.25, -0.2) is 17.5 Å². The van der Waals surface area contributed by atoms with Gasteiger partial charge in [-0.15, -0.1) is 0 Å². The predicted octanol–water partition coefficient (Wildman–Crippen LogP) is 2.89. The number of carbonyl (C=O) groups is 1. The molecule has 152 valence electrons. The number of para-hydroxylation sites is 1.